The molecule has 4 aliphatic rings. The largest absolute Gasteiger partial charge is 0.504 e. The lowest BCUT2D eigenvalue weighted by Gasteiger charge is -2.11. The average molecular weight is 1150 g/mol. The van der Waals surface area contributed by atoms with E-state index in [0.717, 1.165) is 48.5 Å². The summed E-state index contributed by atoms with van der Waals surface area (Å²) in [6.07, 6.45) is -2.85. The van der Waals surface area contributed by atoms with Gasteiger partial charge in [-0.15, -0.1) is 0 Å². The number of benzene rings is 8. The van der Waals surface area contributed by atoms with Crippen LogP contribution in [-0.2, 0) is 0 Å². The number of carbonyl (C=O) groups is 6. The molecule has 0 aromatic heterocycles. The van der Waals surface area contributed by atoms with Crippen LogP contribution < -0.4 is 37.9 Å². The van der Waals surface area contributed by atoms with Crippen molar-refractivity contribution in [2.75, 3.05) is 27.2 Å². The van der Waals surface area contributed by atoms with Crippen molar-refractivity contribution in [3.8, 4) is 92.0 Å². The van der Waals surface area contributed by atoms with Crippen LogP contribution >= 0.6 is 0 Å². The monoisotopic (exact) mass is 1150 g/mol. The van der Waals surface area contributed by atoms with E-state index in [1.807, 2.05) is 0 Å². The molecule has 0 saturated carbocycles. The zero-order chi connectivity index (χ0) is 59.9. The lowest BCUT2D eigenvalue weighted by molar-refractivity contribution is 0.0742. The van der Waals surface area contributed by atoms with Crippen molar-refractivity contribution in [1.82, 2.24) is 0 Å². The predicted molar refractivity (Wildman–Crippen MR) is 285 cm³/mol. The second-order valence-electron chi connectivity index (χ2n) is 18.0. The molecule has 24 heteroatoms. The van der Waals surface area contributed by atoms with Gasteiger partial charge in [-0.25, -0.2) is 0 Å². The van der Waals surface area contributed by atoms with Gasteiger partial charge in [0.25, 0.3) is 0 Å². The number of phenolic OH excluding ortho intramolecular Hbond substituents is 8. The van der Waals surface area contributed by atoms with E-state index in [1.165, 1.54) is 36.4 Å². The standard InChI is InChI=1S/C16H12O6.C16H10O6.C14H12O6.C14H10O6/c2*17-15(9-1-3-11-13(5-9)21-7-19-11)16(18)10-2-4-12-14(6-10)22-8-20-12;2*15-9-3-1-7(5-11(9)17)13(19)14(20)8-2-4-10(16)12(18)6-8/h1-6,15,17H,7-8H2;1-6H,7-8H2;1-6,13,15-19H;1-6,15-18H. The van der Waals surface area contributed by atoms with Crippen molar-refractivity contribution in [3.05, 3.63) is 190 Å². The van der Waals surface area contributed by atoms with Crippen LogP contribution in [0, 0.1) is 0 Å². The fraction of sp³-hybridized carbons (Fsp3) is 0.100. The van der Waals surface area contributed by atoms with Crippen LogP contribution in [0.25, 0.3) is 0 Å². The zero-order valence-corrected chi connectivity index (χ0v) is 43.0. The first-order chi connectivity index (χ1) is 40.2. The number of aliphatic hydroxyl groups excluding tert-OH is 2. The molecular weight excluding hydrogens is 1100 g/mol. The molecular formula is C60H44O24. The highest BCUT2D eigenvalue weighted by Gasteiger charge is 2.28. The van der Waals surface area contributed by atoms with Gasteiger partial charge < -0.3 is 89.0 Å². The van der Waals surface area contributed by atoms with Crippen LogP contribution in [-0.4, -0.2) is 113 Å². The summed E-state index contributed by atoms with van der Waals surface area (Å²) in [7, 11) is 0. The van der Waals surface area contributed by atoms with Crippen molar-refractivity contribution in [2.24, 2.45) is 0 Å². The molecule has 24 nitrogen and oxygen atoms in total. The highest BCUT2D eigenvalue weighted by molar-refractivity contribution is 6.50. The van der Waals surface area contributed by atoms with Crippen molar-refractivity contribution < 1.29 is 118 Å². The van der Waals surface area contributed by atoms with E-state index in [-0.39, 0.29) is 72.1 Å². The van der Waals surface area contributed by atoms with Crippen LogP contribution in [0.5, 0.6) is 92.0 Å². The number of hydrogen-bond donors (Lipinski definition) is 10. The van der Waals surface area contributed by atoms with E-state index >= 15 is 0 Å². The molecule has 0 fully saturated rings. The summed E-state index contributed by atoms with van der Waals surface area (Å²) >= 11 is 0. The van der Waals surface area contributed by atoms with Crippen molar-refractivity contribution in [2.45, 2.75) is 12.2 Å². The van der Waals surface area contributed by atoms with Crippen LogP contribution in [0.2, 0.25) is 0 Å². The molecule has 0 bridgehead atoms. The second-order valence-corrected chi connectivity index (χ2v) is 18.0. The Morgan fingerprint density at radius 2 is 0.500 bits per heavy atom. The number of phenols is 8. The summed E-state index contributed by atoms with van der Waals surface area (Å²) in [6.45, 7) is 0.509. The molecule has 2 atom stereocenters. The predicted octanol–water partition coefficient (Wildman–Crippen LogP) is 7.27. The topological polar surface area (TPSA) is 379 Å². The Hall–Kier alpha value is -11.5. The van der Waals surface area contributed by atoms with Gasteiger partial charge >= 0.3 is 0 Å². The molecule has 10 N–H and O–H groups in total. The highest BCUT2D eigenvalue weighted by Crippen LogP contribution is 2.39. The number of aliphatic hydroxyl groups is 2. The van der Waals surface area contributed by atoms with Crippen LogP contribution in [0.3, 0.4) is 0 Å². The molecule has 12 rings (SSSR count). The first-order valence-corrected chi connectivity index (χ1v) is 24.5. The van der Waals surface area contributed by atoms with Gasteiger partial charge in [-0.05, 0) is 145 Å². The summed E-state index contributed by atoms with van der Waals surface area (Å²) in [5.74, 6) is -3.43. The third-order valence-corrected chi connectivity index (χ3v) is 12.6. The first kappa shape index (κ1) is 57.2. The number of hydrogen-bond acceptors (Lipinski definition) is 24. The minimum Gasteiger partial charge on any atom is -0.504 e. The minimum atomic E-state index is -1.56. The Morgan fingerprint density at radius 1 is 0.262 bits per heavy atom. The smallest absolute Gasteiger partial charge is 0.233 e. The molecule has 4 aliphatic heterocycles. The van der Waals surface area contributed by atoms with Gasteiger partial charge in [0.05, 0.1) is 0 Å². The summed E-state index contributed by atoms with van der Waals surface area (Å²) in [6, 6.07) is 32.5. The summed E-state index contributed by atoms with van der Waals surface area (Å²) in [4.78, 5) is 72.9. The van der Waals surface area contributed by atoms with E-state index in [2.05, 4.69) is 0 Å². The molecule has 0 spiro atoms. The normalized spacial score (nSPS) is 13.1. The van der Waals surface area contributed by atoms with Gasteiger partial charge in [0, 0.05) is 33.4 Å². The zero-order valence-electron chi connectivity index (χ0n) is 43.0. The van der Waals surface area contributed by atoms with Crippen LogP contribution in [0.15, 0.2) is 146 Å². The third kappa shape index (κ3) is 12.6. The second kappa shape index (κ2) is 24.5. The average Bonchev–Trinajstić information content (AvgIpc) is 4.35. The number of ketones is 6. The first-order valence-electron chi connectivity index (χ1n) is 24.5. The molecule has 428 valence electrons. The summed E-state index contributed by atoms with van der Waals surface area (Å²) < 4.78 is 41.7. The molecule has 0 radical (unpaired) electrons. The van der Waals surface area contributed by atoms with Crippen molar-refractivity contribution in [1.29, 1.82) is 0 Å². The quantitative estimate of drug-likeness (QED) is 0.0326. The van der Waals surface area contributed by atoms with E-state index in [9.17, 15) is 64.5 Å². The van der Waals surface area contributed by atoms with Gasteiger partial charge in [-0.2, -0.15) is 0 Å². The number of aromatic hydroxyl groups is 8. The maximum absolute atomic E-state index is 12.4. The summed E-state index contributed by atoms with van der Waals surface area (Å²) in [5.41, 5.74) is 1.22. The molecule has 8 aromatic carbocycles. The third-order valence-electron chi connectivity index (χ3n) is 12.6. The van der Waals surface area contributed by atoms with Gasteiger partial charge in [-0.1, -0.05) is 12.1 Å². The van der Waals surface area contributed by atoms with Gasteiger partial charge in [0.15, 0.2) is 104 Å². The number of fused-ring (bicyclic) bond motifs is 4. The van der Waals surface area contributed by atoms with E-state index < -0.39 is 81.4 Å². The molecule has 8 aromatic rings. The molecule has 0 amide bonds. The summed E-state index contributed by atoms with van der Waals surface area (Å²) in [5, 5.41) is 94.1. The Labute approximate surface area is 472 Å². The molecule has 2 unspecified atom stereocenters. The number of Topliss-reactive ketones (excluding diaryl/α,β-unsaturated/α-hetero) is 6. The molecule has 4 heterocycles. The maximum atomic E-state index is 12.4. The Kier molecular flexibility index (Phi) is 16.7. The van der Waals surface area contributed by atoms with E-state index in [1.54, 1.807) is 60.7 Å². The molecule has 0 saturated heterocycles. The SMILES string of the molecule is O=C(C(=O)c1ccc(O)c(O)c1)c1ccc(O)c(O)c1.O=C(C(=O)c1ccc2c(c1)OCO2)c1ccc2c(c1)OCO2.O=C(c1ccc(O)c(O)c1)C(O)c1ccc(O)c(O)c1.O=C(c1ccc2c(c1)OCO2)C(O)c1ccc2c(c1)OCO2. The number of ether oxygens (including phenoxy) is 8. The van der Waals surface area contributed by atoms with Crippen LogP contribution in [0.4, 0.5) is 0 Å². The maximum Gasteiger partial charge on any atom is 0.233 e. The van der Waals surface area contributed by atoms with Gasteiger partial charge in [0.2, 0.25) is 50.3 Å². The fourth-order valence-electron chi connectivity index (χ4n) is 8.07. The van der Waals surface area contributed by atoms with Gasteiger partial charge in [0.1, 0.15) is 12.2 Å². The Bertz CT molecular complexity index is 3800. The van der Waals surface area contributed by atoms with Crippen molar-refractivity contribution in [3.63, 3.8) is 0 Å². The minimum absolute atomic E-state index is 0.000338. The lowest BCUT2D eigenvalue weighted by atomic mass is 9.99. The lowest BCUT2D eigenvalue weighted by Crippen LogP contribution is -2.14. The highest BCUT2D eigenvalue weighted by atomic mass is 16.7. The van der Waals surface area contributed by atoms with Gasteiger partial charge in [-0.3, -0.25) is 28.8 Å². The van der Waals surface area contributed by atoms with E-state index in [0.29, 0.717) is 57.1 Å². The Morgan fingerprint density at radius 3 is 0.881 bits per heavy atom. The fourth-order valence-corrected chi connectivity index (χ4v) is 8.07. The molecule has 84 heavy (non-hydrogen) atoms. The number of carbonyl (C=O) groups excluding carboxylic acids is 6. The van der Waals surface area contributed by atoms with Crippen molar-refractivity contribution >= 4 is 34.7 Å². The van der Waals surface area contributed by atoms with Crippen LogP contribution in [0.1, 0.15) is 85.5 Å². The molecule has 0 aliphatic carbocycles. The number of rotatable bonds is 12. The Balaban J connectivity index is 0.000000135. The van der Waals surface area contributed by atoms with E-state index in [4.69, 9.17) is 53.2 Å².